The van der Waals surface area contributed by atoms with Gasteiger partial charge in [0, 0.05) is 23.9 Å². The highest BCUT2D eigenvalue weighted by molar-refractivity contribution is 7.12. The molecule has 3 aromatic rings. The summed E-state index contributed by atoms with van der Waals surface area (Å²) >= 11 is 1.31. The van der Waals surface area contributed by atoms with Gasteiger partial charge in [0.2, 0.25) is 5.91 Å². The molecule has 0 aliphatic carbocycles. The van der Waals surface area contributed by atoms with Crippen molar-refractivity contribution in [1.29, 1.82) is 0 Å². The summed E-state index contributed by atoms with van der Waals surface area (Å²) in [6, 6.07) is 16.0. The van der Waals surface area contributed by atoms with Gasteiger partial charge >= 0.3 is 5.97 Å². The molecule has 0 bridgehead atoms. The van der Waals surface area contributed by atoms with Gasteiger partial charge < -0.3 is 15.4 Å². The van der Waals surface area contributed by atoms with E-state index in [-0.39, 0.29) is 23.2 Å². The Kier molecular flexibility index (Phi) is 6.71. The smallest absolute Gasteiger partial charge is 0.338 e. The Bertz CT molecular complexity index is 1080. The van der Waals surface area contributed by atoms with Gasteiger partial charge in [0.25, 0.3) is 5.91 Å². The van der Waals surface area contributed by atoms with Crippen molar-refractivity contribution >= 4 is 46.3 Å². The normalized spacial score (nSPS) is 10.2. The fourth-order valence-electron chi connectivity index (χ4n) is 2.56. The minimum absolute atomic E-state index is 0.211. The van der Waals surface area contributed by atoms with Crippen LogP contribution in [0, 0.1) is 0 Å². The van der Waals surface area contributed by atoms with E-state index in [9.17, 15) is 19.2 Å². The van der Waals surface area contributed by atoms with Crippen LogP contribution in [0.2, 0.25) is 0 Å². The Balaban J connectivity index is 1.57. The zero-order valence-corrected chi connectivity index (χ0v) is 16.8. The van der Waals surface area contributed by atoms with E-state index in [0.29, 0.717) is 21.8 Å². The summed E-state index contributed by atoms with van der Waals surface area (Å²) in [5.74, 6) is -1.53. The minimum atomic E-state index is -0.676. The molecule has 2 amide bonds. The molecule has 7 nitrogen and oxygen atoms in total. The largest absolute Gasteiger partial charge is 0.454 e. The first-order valence-electron chi connectivity index (χ1n) is 8.95. The average Bonchev–Trinajstić information content (AvgIpc) is 3.27. The molecule has 0 saturated heterocycles. The second-order valence-electron chi connectivity index (χ2n) is 6.27. The zero-order valence-electron chi connectivity index (χ0n) is 16.0. The lowest BCUT2D eigenvalue weighted by molar-refractivity contribution is -0.114. The van der Waals surface area contributed by atoms with E-state index in [0.717, 1.165) is 0 Å². The number of carbonyl (C=O) groups excluding carboxylic acids is 4. The summed E-state index contributed by atoms with van der Waals surface area (Å²) < 4.78 is 5.10. The Morgan fingerprint density at radius 3 is 2.30 bits per heavy atom. The molecule has 2 aromatic carbocycles. The van der Waals surface area contributed by atoms with Gasteiger partial charge in [-0.25, -0.2) is 4.79 Å². The Morgan fingerprint density at radius 2 is 1.63 bits per heavy atom. The fraction of sp³-hybridized carbons (Fsp3) is 0.0909. The van der Waals surface area contributed by atoms with Gasteiger partial charge in [-0.15, -0.1) is 11.3 Å². The first kappa shape index (κ1) is 20.9. The number of Topliss-reactive ketones (excluding diaryl/α,β-unsaturated/α-hetero) is 1. The second-order valence-corrected chi connectivity index (χ2v) is 7.22. The van der Waals surface area contributed by atoms with Crippen LogP contribution in [-0.2, 0) is 9.53 Å². The van der Waals surface area contributed by atoms with Crippen molar-refractivity contribution in [3.05, 3.63) is 82.0 Å². The third kappa shape index (κ3) is 5.62. The molecule has 0 spiro atoms. The SMILES string of the molecule is CC(=O)Nc1ccc(C(=O)COC(=O)c2cccc(NC(=O)c3cccs3)c2)cc1. The van der Waals surface area contributed by atoms with E-state index >= 15 is 0 Å². The van der Waals surface area contributed by atoms with Crippen LogP contribution in [0.5, 0.6) is 0 Å². The Labute approximate surface area is 176 Å². The average molecular weight is 422 g/mol. The molecule has 30 heavy (non-hydrogen) atoms. The number of thiophene rings is 1. The van der Waals surface area contributed by atoms with Crippen molar-refractivity contribution in [1.82, 2.24) is 0 Å². The van der Waals surface area contributed by atoms with Gasteiger partial charge in [-0.3, -0.25) is 14.4 Å². The molecule has 0 aliphatic heterocycles. The van der Waals surface area contributed by atoms with E-state index in [4.69, 9.17) is 4.74 Å². The van der Waals surface area contributed by atoms with Crippen LogP contribution in [0.15, 0.2) is 66.0 Å². The van der Waals surface area contributed by atoms with E-state index in [2.05, 4.69) is 10.6 Å². The summed E-state index contributed by atoms with van der Waals surface area (Å²) in [6.07, 6.45) is 0. The third-order valence-electron chi connectivity index (χ3n) is 3.96. The van der Waals surface area contributed by atoms with Crippen molar-refractivity contribution in [2.24, 2.45) is 0 Å². The first-order chi connectivity index (χ1) is 14.4. The number of anilines is 2. The number of hydrogen-bond acceptors (Lipinski definition) is 6. The van der Waals surface area contributed by atoms with E-state index in [1.54, 1.807) is 53.9 Å². The minimum Gasteiger partial charge on any atom is -0.454 e. The van der Waals surface area contributed by atoms with Crippen molar-refractivity contribution in [3.8, 4) is 0 Å². The third-order valence-corrected chi connectivity index (χ3v) is 4.83. The monoisotopic (exact) mass is 422 g/mol. The lowest BCUT2D eigenvalue weighted by Crippen LogP contribution is -2.15. The molecule has 3 rings (SSSR count). The van der Waals surface area contributed by atoms with Crippen LogP contribution in [-0.4, -0.2) is 30.2 Å². The number of ketones is 1. The highest BCUT2D eigenvalue weighted by Gasteiger charge is 2.14. The van der Waals surface area contributed by atoms with E-state index < -0.39 is 12.6 Å². The zero-order chi connectivity index (χ0) is 21.5. The number of carbonyl (C=O) groups is 4. The summed E-state index contributed by atoms with van der Waals surface area (Å²) in [5, 5.41) is 7.12. The lowest BCUT2D eigenvalue weighted by atomic mass is 10.1. The predicted octanol–water partition coefficient (Wildman–Crippen LogP) is 4.00. The standard InChI is InChI=1S/C22H18N2O5S/c1-14(25)23-17-9-7-15(8-10-17)19(26)13-29-22(28)16-4-2-5-18(12-16)24-21(27)20-6-3-11-30-20/h2-12H,13H2,1H3,(H,23,25)(H,24,27). The summed E-state index contributed by atoms with van der Waals surface area (Å²) in [7, 11) is 0. The topological polar surface area (TPSA) is 102 Å². The molecule has 1 aromatic heterocycles. The van der Waals surface area contributed by atoms with Crippen LogP contribution in [0.4, 0.5) is 11.4 Å². The maximum absolute atomic E-state index is 12.3. The lowest BCUT2D eigenvalue weighted by Gasteiger charge is -2.08. The molecule has 1 heterocycles. The molecular formula is C22H18N2O5S. The first-order valence-corrected chi connectivity index (χ1v) is 9.83. The van der Waals surface area contributed by atoms with Gasteiger partial charge in [-0.2, -0.15) is 0 Å². The Hall–Kier alpha value is -3.78. The van der Waals surface area contributed by atoms with Gasteiger partial charge in [-0.1, -0.05) is 12.1 Å². The molecule has 0 radical (unpaired) electrons. The molecule has 0 unspecified atom stereocenters. The van der Waals surface area contributed by atoms with Gasteiger partial charge in [0.1, 0.15) is 0 Å². The van der Waals surface area contributed by atoms with Crippen molar-refractivity contribution in [2.75, 3.05) is 17.2 Å². The summed E-state index contributed by atoms with van der Waals surface area (Å²) in [5.41, 5.74) is 1.59. The van der Waals surface area contributed by atoms with E-state index in [1.165, 1.54) is 30.4 Å². The maximum Gasteiger partial charge on any atom is 0.338 e. The fourth-order valence-corrected chi connectivity index (χ4v) is 3.18. The van der Waals surface area contributed by atoms with Crippen LogP contribution < -0.4 is 10.6 Å². The van der Waals surface area contributed by atoms with Crippen LogP contribution >= 0.6 is 11.3 Å². The highest BCUT2D eigenvalue weighted by Crippen LogP contribution is 2.16. The second kappa shape index (κ2) is 9.62. The van der Waals surface area contributed by atoms with Gasteiger partial charge in [0.05, 0.1) is 10.4 Å². The van der Waals surface area contributed by atoms with Gasteiger partial charge in [-0.05, 0) is 53.9 Å². The summed E-state index contributed by atoms with van der Waals surface area (Å²) in [4.78, 5) is 48.2. The molecule has 152 valence electrons. The molecular weight excluding hydrogens is 404 g/mol. The van der Waals surface area contributed by atoms with Gasteiger partial charge in [0.15, 0.2) is 12.4 Å². The number of rotatable bonds is 7. The number of benzene rings is 2. The molecule has 0 aliphatic rings. The molecule has 0 saturated carbocycles. The summed E-state index contributed by atoms with van der Waals surface area (Å²) in [6.45, 7) is 0.964. The quantitative estimate of drug-likeness (QED) is 0.443. The highest BCUT2D eigenvalue weighted by atomic mass is 32.1. The molecule has 2 N–H and O–H groups in total. The van der Waals surface area contributed by atoms with Crippen LogP contribution in [0.3, 0.4) is 0 Å². The molecule has 0 atom stereocenters. The molecule has 0 fully saturated rings. The number of ether oxygens (including phenoxy) is 1. The number of hydrogen-bond donors (Lipinski definition) is 2. The van der Waals surface area contributed by atoms with E-state index in [1.807, 2.05) is 0 Å². The number of esters is 1. The number of nitrogens with one attached hydrogen (secondary N) is 2. The Morgan fingerprint density at radius 1 is 0.867 bits per heavy atom. The van der Waals surface area contributed by atoms with Crippen molar-refractivity contribution < 1.29 is 23.9 Å². The maximum atomic E-state index is 12.3. The van der Waals surface area contributed by atoms with Crippen molar-refractivity contribution in [3.63, 3.8) is 0 Å². The van der Waals surface area contributed by atoms with Crippen molar-refractivity contribution in [2.45, 2.75) is 6.92 Å². The predicted molar refractivity (Wildman–Crippen MR) is 114 cm³/mol. The molecule has 8 heteroatoms. The van der Waals surface area contributed by atoms with Crippen LogP contribution in [0.25, 0.3) is 0 Å². The van der Waals surface area contributed by atoms with Crippen LogP contribution in [0.1, 0.15) is 37.3 Å². The number of amides is 2.